The fraction of sp³-hybridized carbons (Fsp3) is 0.273. The summed E-state index contributed by atoms with van der Waals surface area (Å²) in [5, 5.41) is 5.15. The van der Waals surface area contributed by atoms with E-state index in [1.54, 1.807) is 33.8 Å². The molecule has 1 aliphatic heterocycles. The van der Waals surface area contributed by atoms with Crippen LogP contribution in [0.2, 0.25) is 0 Å². The number of aromatic nitrogens is 3. The molecule has 0 fully saturated rings. The summed E-state index contributed by atoms with van der Waals surface area (Å²) in [6.45, 7) is 3.55. The molecule has 1 amide bonds. The lowest BCUT2D eigenvalue weighted by Crippen LogP contribution is -2.60. The summed E-state index contributed by atoms with van der Waals surface area (Å²) in [7, 11) is 0. The minimum absolute atomic E-state index is 0.225. The first-order valence-corrected chi connectivity index (χ1v) is 10.8. The molecule has 2 heterocycles. The number of rotatable bonds is 5. The molecule has 0 unspecified atom stereocenters. The number of thioether (sulfide) groups is 1. The number of nitrogens with zero attached hydrogens (tertiary/aromatic N) is 3. The summed E-state index contributed by atoms with van der Waals surface area (Å²) >= 11 is 1.46. The van der Waals surface area contributed by atoms with E-state index < -0.39 is 12.0 Å². The van der Waals surface area contributed by atoms with Crippen molar-refractivity contribution in [2.75, 3.05) is 10.7 Å². The molecular weight excluding hydrogens is 403 g/mol. The van der Waals surface area contributed by atoms with Gasteiger partial charge in [-0.05, 0) is 41.4 Å². The molecule has 2 aromatic carbocycles. The first-order chi connectivity index (χ1) is 14.5. The molecular formula is C22H22FN4O2S+. The first kappa shape index (κ1) is 20.3. The molecule has 0 aliphatic carbocycles. The van der Waals surface area contributed by atoms with Crippen LogP contribution in [0.25, 0.3) is 11.3 Å². The van der Waals surface area contributed by atoms with Crippen molar-refractivity contribution < 1.29 is 13.9 Å². The maximum absolute atomic E-state index is 14.1. The number of carbonyl (C=O) groups is 1. The predicted octanol–water partition coefficient (Wildman–Crippen LogP) is 3.67. The van der Waals surface area contributed by atoms with Gasteiger partial charge in [0.1, 0.15) is 5.82 Å². The summed E-state index contributed by atoms with van der Waals surface area (Å²) in [5.41, 5.74) is 1.80. The van der Waals surface area contributed by atoms with E-state index in [-0.39, 0.29) is 11.5 Å². The lowest BCUT2D eigenvalue weighted by Gasteiger charge is -2.31. The highest BCUT2D eigenvalue weighted by molar-refractivity contribution is 7.99. The van der Waals surface area contributed by atoms with Crippen LogP contribution in [0.15, 0.2) is 58.5 Å². The van der Waals surface area contributed by atoms with Gasteiger partial charge in [-0.15, -0.1) is 0 Å². The maximum Gasteiger partial charge on any atom is 0.325 e. The van der Waals surface area contributed by atoms with Crippen LogP contribution in [0.3, 0.4) is 0 Å². The zero-order valence-electron chi connectivity index (χ0n) is 16.8. The number of para-hydroxylation sites is 1. The van der Waals surface area contributed by atoms with Gasteiger partial charge in [0.25, 0.3) is 6.17 Å². The van der Waals surface area contributed by atoms with Gasteiger partial charge in [0, 0.05) is 23.3 Å². The van der Waals surface area contributed by atoms with Gasteiger partial charge in [-0.1, -0.05) is 43.3 Å². The minimum atomic E-state index is -0.768. The van der Waals surface area contributed by atoms with Crippen LogP contribution in [0.5, 0.6) is 0 Å². The third kappa shape index (κ3) is 3.63. The molecule has 1 N–H and O–H groups in total. The Morgan fingerprint density at radius 3 is 2.80 bits per heavy atom. The molecule has 154 valence electrons. The largest absolute Gasteiger partial charge is 0.325 e. The van der Waals surface area contributed by atoms with Gasteiger partial charge in [0.05, 0.1) is 11.3 Å². The maximum atomic E-state index is 14.1. The Labute approximate surface area is 177 Å². The van der Waals surface area contributed by atoms with Crippen LogP contribution in [0.1, 0.15) is 38.4 Å². The predicted molar refractivity (Wildman–Crippen MR) is 114 cm³/mol. The number of hydrogen-bond acceptors (Lipinski definition) is 4. The average molecular weight is 426 g/mol. The number of nitrogens with one attached hydrogen (secondary N) is 1. The molecule has 0 saturated heterocycles. The van der Waals surface area contributed by atoms with Crippen LogP contribution in [0.4, 0.5) is 10.1 Å². The van der Waals surface area contributed by atoms with E-state index in [1.165, 1.54) is 30.8 Å². The Morgan fingerprint density at radius 2 is 2.07 bits per heavy atom. The Balaban J connectivity index is 1.98. The number of halogens is 1. The van der Waals surface area contributed by atoms with E-state index in [2.05, 4.69) is 17.0 Å². The van der Waals surface area contributed by atoms with Gasteiger partial charge in [0.15, 0.2) is 0 Å². The normalized spacial score (nSPS) is 14.9. The second-order valence-electron chi connectivity index (χ2n) is 7.09. The van der Waals surface area contributed by atoms with Gasteiger partial charge in [-0.2, -0.15) is 0 Å². The van der Waals surface area contributed by atoms with Crippen LogP contribution >= 0.6 is 11.8 Å². The fourth-order valence-electron chi connectivity index (χ4n) is 3.66. The van der Waals surface area contributed by atoms with Crippen molar-refractivity contribution in [3.8, 4) is 11.3 Å². The van der Waals surface area contributed by atoms with E-state index in [0.29, 0.717) is 27.7 Å². The monoisotopic (exact) mass is 425 g/mol. The Morgan fingerprint density at radius 1 is 1.27 bits per heavy atom. The second kappa shape index (κ2) is 8.39. The molecule has 6 nitrogen and oxygen atoms in total. The fourth-order valence-corrected chi connectivity index (χ4v) is 4.60. The average Bonchev–Trinajstić information content (AvgIpc) is 2.72. The van der Waals surface area contributed by atoms with Crippen molar-refractivity contribution >= 4 is 23.4 Å². The van der Waals surface area contributed by atoms with Gasteiger partial charge in [-0.3, -0.25) is 14.6 Å². The van der Waals surface area contributed by atoms with Gasteiger partial charge in [0.2, 0.25) is 11.1 Å². The van der Waals surface area contributed by atoms with Crippen LogP contribution in [-0.2, 0) is 4.79 Å². The molecule has 0 radical (unpaired) electrons. The quantitative estimate of drug-likeness (QED) is 0.385. The molecule has 0 saturated carbocycles. The number of unbranched alkanes of at least 4 members (excludes halogenated alkanes) is 1. The highest BCUT2D eigenvalue weighted by Gasteiger charge is 2.44. The first-order valence-electron chi connectivity index (χ1n) is 9.85. The van der Waals surface area contributed by atoms with Crippen molar-refractivity contribution in [3.63, 3.8) is 0 Å². The van der Waals surface area contributed by atoms with Gasteiger partial charge in [-0.25, -0.2) is 9.29 Å². The highest BCUT2D eigenvalue weighted by atomic mass is 32.2. The minimum Gasteiger partial charge on any atom is -0.291 e. The number of amides is 1. The topological polar surface area (TPSA) is 69.9 Å². The number of H-pyrrole nitrogens is 1. The van der Waals surface area contributed by atoms with Crippen LogP contribution in [-0.4, -0.2) is 21.7 Å². The lowest BCUT2D eigenvalue weighted by atomic mass is 10.0. The molecule has 0 bridgehead atoms. The lowest BCUT2D eigenvalue weighted by molar-refractivity contribution is -0.763. The van der Waals surface area contributed by atoms with E-state index in [1.807, 2.05) is 12.1 Å². The highest BCUT2D eigenvalue weighted by Crippen LogP contribution is 2.37. The van der Waals surface area contributed by atoms with Crippen molar-refractivity contribution in [2.24, 2.45) is 0 Å². The summed E-state index contributed by atoms with van der Waals surface area (Å²) in [6.07, 6.45) is 1.26. The van der Waals surface area contributed by atoms with E-state index >= 15 is 0 Å². The molecule has 4 rings (SSSR count). The van der Waals surface area contributed by atoms with E-state index in [0.717, 1.165) is 18.6 Å². The SMILES string of the molecule is CCCCSc1n[n+]2c(c(=O)[nH]1)-c1ccccc1N(C(C)=O)[C@H]2c1cccc(F)c1. The summed E-state index contributed by atoms with van der Waals surface area (Å²) in [5.74, 6) is 0.174. The molecule has 3 aromatic rings. The number of fused-ring (bicyclic) bond motifs is 3. The Kier molecular flexibility index (Phi) is 5.67. The molecule has 1 aromatic heterocycles. The Hall–Kier alpha value is -3.00. The summed E-state index contributed by atoms with van der Waals surface area (Å²) < 4.78 is 15.6. The smallest absolute Gasteiger partial charge is 0.291 e. The van der Waals surface area contributed by atoms with Gasteiger partial charge >= 0.3 is 11.3 Å². The molecule has 1 atom stereocenters. The van der Waals surface area contributed by atoms with Crippen LogP contribution < -0.4 is 15.1 Å². The number of hydrogen-bond donors (Lipinski definition) is 1. The van der Waals surface area contributed by atoms with Crippen molar-refractivity contribution in [1.82, 2.24) is 10.1 Å². The zero-order valence-corrected chi connectivity index (χ0v) is 17.6. The number of anilines is 1. The van der Waals surface area contributed by atoms with Crippen molar-refractivity contribution in [3.05, 3.63) is 70.3 Å². The zero-order chi connectivity index (χ0) is 21.3. The summed E-state index contributed by atoms with van der Waals surface area (Å²) in [4.78, 5) is 30.2. The standard InChI is InChI=1S/C22H21FN4O2S/c1-3-4-12-30-22-24-20(29)19-17-10-5-6-11-18(17)26(14(2)28)21(27(19)25-22)15-8-7-9-16(23)13-15/h5-11,13,21H,3-4,12H2,1-2H3/p+1/t21-/m1/s1. The number of benzene rings is 2. The summed E-state index contributed by atoms with van der Waals surface area (Å²) in [6, 6.07) is 13.3. The third-order valence-electron chi connectivity index (χ3n) is 4.98. The van der Waals surface area contributed by atoms with Gasteiger partial charge < -0.3 is 0 Å². The van der Waals surface area contributed by atoms with Crippen molar-refractivity contribution in [2.45, 2.75) is 38.0 Å². The molecule has 30 heavy (non-hydrogen) atoms. The van der Waals surface area contributed by atoms with E-state index in [4.69, 9.17) is 0 Å². The number of aromatic amines is 1. The molecule has 1 aliphatic rings. The van der Waals surface area contributed by atoms with Crippen molar-refractivity contribution in [1.29, 1.82) is 0 Å². The Bertz CT molecular complexity index is 1160. The second-order valence-corrected chi connectivity index (χ2v) is 8.17. The molecule has 0 spiro atoms. The van der Waals surface area contributed by atoms with E-state index in [9.17, 15) is 14.0 Å². The third-order valence-corrected chi connectivity index (χ3v) is 5.93. The number of carbonyl (C=O) groups excluding carboxylic acids is 1. The molecule has 8 heteroatoms. The van der Waals surface area contributed by atoms with Crippen LogP contribution in [0, 0.1) is 5.82 Å².